The van der Waals surface area contributed by atoms with Gasteiger partial charge in [0.2, 0.25) is 5.95 Å². The molecular formula is C15H29N3O. The summed E-state index contributed by atoms with van der Waals surface area (Å²) in [6.07, 6.45) is 5.82. The molecule has 1 rings (SSSR count). The van der Waals surface area contributed by atoms with Crippen molar-refractivity contribution in [3.8, 4) is 0 Å². The van der Waals surface area contributed by atoms with Gasteiger partial charge in [-0.2, -0.15) is 0 Å². The number of hydrogen-bond donors (Lipinski definition) is 1. The van der Waals surface area contributed by atoms with Gasteiger partial charge in [-0.3, -0.25) is 0 Å². The van der Waals surface area contributed by atoms with Crippen molar-refractivity contribution in [3.63, 3.8) is 0 Å². The Kier molecular flexibility index (Phi) is 6.92. The van der Waals surface area contributed by atoms with Crippen LogP contribution in [-0.4, -0.2) is 29.3 Å². The van der Waals surface area contributed by atoms with Crippen LogP contribution in [0.4, 0.5) is 5.95 Å². The van der Waals surface area contributed by atoms with Gasteiger partial charge >= 0.3 is 0 Å². The highest BCUT2D eigenvalue weighted by atomic mass is 16.5. The molecule has 1 atom stereocenters. The Morgan fingerprint density at radius 2 is 2.05 bits per heavy atom. The van der Waals surface area contributed by atoms with Crippen LogP contribution >= 0.6 is 0 Å². The molecule has 0 saturated heterocycles. The molecule has 1 unspecified atom stereocenters. The fourth-order valence-electron chi connectivity index (χ4n) is 2.15. The van der Waals surface area contributed by atoms with Gasteiger partial charge in [0.15, 0.2) is 0 Å². The number of aromatic nitrogens is 2. The van der Waals surface area contributed by atoms with E-state index in [0.29, 0.717) is 12.6 Å². The lowest BCUT2D eigenvalue weighted by Gasteiger charge is -2.16. The molecule has 1 heterocycles. The first-order valence-corrected chi connectivity index (χ1v) is 7.32. The highest BCUT2D eigenvalue weighted by Crippen LogP contribution is 2.14. The minimum atomic E-state index is 0.460. The standard InChI is InChI=1S/C15H29N3O/c1-12(2)7-6-8-13(3)16-15-17-14(4)11-18(15)9-10-19-5/h11-13H,6-10H2,1-5H3,(H,16,17). The molecule has 0 bridgehead atoms. The number of methoxy groups -OCH3 is 1. The van der Waals surface area contributed by atoms with E-state index in [0.717, 1.165) is 24.1 Å². The molecular weight excluding hydrogens is 238 g/mol. The Balaban J connectivity index is 2.46. The summed E-state index contributed by atoms with van der Waals surface area (Å²) >= 11 is 0. The van der Waals surface area contributed by atoms with E-state index in [-0.39, 0.29) is 0 Å². The average Bonchev–Trinajstić information content (AvgIpc) is 2.66. The predicted molar refractivity (Wildman–Crippen MR) is 80.6 cm³/mol. The molecule has 0 amide bonds. The summed E-state index contributed by atoms with van der Waals surface area (Å²) in [5.74, 6) is 1.75. The molecule has 0 spiro atoms. The molecule has 0 aliphatic heterocycles. The predicted octanol–water partition coefficient (Wildman–Crippen LogP) is 3.46. The van der Waals surface area contributed by atoms with Gasteiger partial charge in [-0.15, -0.1) is 0 Å². The van der Waals surface area contributed by atoms with Crippen LogP contribution in [0.15, 0.2) is 6.20 Å². The molecule has 4 heteroatoms. The van der Waals surface area contributed by atoms with Crippen LogP contribution in [0.1, 0.15) is 45.7 Å². The quantitative estimate of drug-likeness (QED) is 0.744. The number of aryl methyl sites for hydroxylation is 1. The van der Waals surface area contributed by atoms with Crippen molar-refractivity contribution >= 4 is 5.95 Å². The van der Waals surface area contributed by atoms with Gasteiger partial charge in [0.25, 0.3) is 0 Å². The number of imidazole rings is 1. The summed E-state index contributed by atoms with van der Waals surface area (Å²) in [6, 6.07) is 0.460. The van der Waals surface area contributed by atoms with E-state index in [1.807, 2.05) is 6.92 Å². The molecule has 1 aromatic heterocycles. The SMILES string of the molecule is COCCn1cc(C)nc1NC(C)CCCC(C)C. The second-order valence-corrected chi connectivity index (χ2v) is 5.76. The second kappa shape index (κ2) is 8.20. The van der Waals surface area contributed by atoms with E-state index in [2.05, 4.69) is 41.8 Å². The van der Waals surface area contributed by atoms with Gasteiger partial charge < -0.3 is 14.6 Å². The number of anilines is 1. The summed E-state index contributed by atoms with van der Waals surface area (Å²) in [4.78, 5) is 4.54. The Bertz CT molecular complexity index is 360. The van der Waals surface area contributed by atoms with Gasteiger partial charge in [-0.05, 0) is 26.2 Å². The first-order valence-electron chi connectivity index (χ1n) is 7.32. The maximum absolute atomic E-state index is 5.13. The van der Waals surface area contributed by atoms with Crippen molar-refractivity contribution in [2.45, 2.75) is 59.5 Å². The van der Waals surface area contributed by atoms with Crippen LogP contribution in [0.5, 0.6) is 0 Å². The Labute approximate surface area is 117 Å². The lowest BCUT2D eigenvalue weighted by Crippen LogP contribution is -2.19. The van der Waals surface area contributed by atoms with Crippen LogP contribution in [0.25, 0.3) is 0 Å². The van der Waals surface area contributed by atoms with Crippen LogP contribution in [-0.2, 0) is 11.3 Å². The highest BCUT2D eigenvalue weighted by Gasteiger charge is 2.09. The highest BCUT2D eigenvalue weighted by molar-refractivity contribution is 5.29. The van der Waals surface area contributed by atoms with Crippen LogP contribution in [0, 0.1) is 12.8 Å². The first-order chi connectivity index (χ1) is 9.02. The Morgan fingerprint density at radius 3 is 2.68 bits per heavy atom. The van der Waals surface area contributed by atoms with Crippen molar-refractivity contribution < 1.29 is 4.74 Å². The molecule has 0 saturated carbocycles. The summed E-state index contributed by atoms with van der Waals surface area (Å²) in [6.45, 7) is 10.4. The van der Waals surface area contributed by atoms with E-state index in [9.17, 15) is 0 Å². The number of rotatable bonds is 9. The molecule has 0 aromatic carbocycles. The minimum Gasteiger partial charge on any atom is -0.383 e. The average molecular weight is 267 g/mol. The van der Waals surface area contributed by atoms with E-state index in [1.165, 1.54) is 19.3 Å². The van der Waals surface area contributed by atoms with Crippen LogP contribution < -0.4 is 5.32 Å². The van der Waals surface area contributed by atoms with E-state index < -0.39 is 0 Å². The zero-order chi connectivity index (χ0) is 14.3. The third-order valence-electron chi connectivity index (χ3n) is 3.23. The molecule has 1 N–H and O–H groups in total. The Morgan fingerprint density at radius 1 is 1.32 bits per heavy atom. The van der Waals surface area contributed by atoms with E-state index >= 15 is 0 Å². The first kappa shape index (κ1) is 16.0. The summed E-state index contributed by atoms with van der Waals surface area (Å²) in [5.41, 5.74) is 1.05. The molecule has 0 fully saturated rings. The number of nitrogens with one attached hydrogen (secondary N) is 1. The summed E-state index contributed by atoms with van der Waals surface area (Å²) < 4.78 is 7.27. The van der Waals surface area contributed by atoms with E-state index in [4.69, 9.17) is 4.74 Å². The number of ether oxygens (including phenoxy) is 1. The van der Waals surface area contributed by atoms with Crippen molar-refractivity contribution in [1.29, 1.82) is 0 Å². The topological polar surface area (TPSA) is 39.1 Å². The lowest BCUT2D eigenvalue weighted by molar-refractivity contribution is 0.187. The van der Waals surface area contributed by atoms with Gasteiger partial charge in [-0.25, -0.2) is 4.98 Å². The second-order valence-electron chi connectivity index (χ2n) is 5.76. The lowest BCUT2D eigenvalue weighted by atomic mass is 10.0. The Hall–Kier alpha value is -1.03. The molecule has 1 aromatic rings. The smallest absolute Gasteiger partial charge is 0.203 e. The van der Waals surface area contributed by atoms with Crippen molar-refractivity contribution in [3.05, 3.63) is 11.9 Å². The van der Waals surface area contributed by atoms with Gasteiger partial charge in [0.05, 0.1) is 12.3 Å². The van der Waals surface area contributed by atoms with Crippen molar-refractivity contribution in [1.82, 2.24) is 9.55 Å². The van der Waals surface area contributed by atoms with Crippen LogP contribution in [0.2, 0.25) is 0 Å². The van der Waals surface area contributed by atoms with Gasteiger partial charge in [-0.1, -0.05) is 26.7 Å². The third-order valence-corrected chi connectivity index (χ3v) is 3.23. The zero-order valence-electron chi connectivity index (χ0n) is 13.1. The monoisotopic (exact) mass is 267 g/mol. The molecule has 19 heavy (non-hydrogen) atoms. The minimum absolute atomic E-state index is 0.460. The van der Waals surface area contributed by atoms with Gasteiger partial charge in [0.1, 0.15) is 0 Å². The maximum atomic E-state index is 5.13. The molecule has 0 aliphatic carbocycles. The fourth-order valence-corrected chi connectivity index (χ4v) is 2.15. The number of hydrogen-bond acceptors (Lipinski definition) is 3. The molecule has 0 aliphatic rings. The molecule has 4 nitrogen and oxygen atoms in total. The zero-order valence-corrected chi connectivity index (χ0v) is 13.1. The van der Waals surface area contributed by atoms with Crippen molar-refractivity contribution in [2.24, 2.45) is 5.92 Å². The van der Waals surface area contributed by atoms with Gasteiger partial charge in [0, 0.05) is 25.9 Å². The van der Waals surface area contributed by atoms with Crippen molar-refractivity contribution in [2.75, 3.05) is 19.0 Å². The number of nitrogens with zero attached hydrogens (tertiary/aromatic N) is 2. The normalized spacial score (nSPS) is 12.9. The molecule has 110 valence electrons. The largest absolute Gasteiger partial charge is 0.383 e. The maximum Gasteiger partial charge on any atom is 0.203 e. The van der Waals surface area contributed by atoms with E-state index in [1.54, 1.807) is 7.11 Å². The summed E-state index contributed by atoms with van der Waals surface area (Å²) in [5, 5.41) is 3.51. The fraction of sp³-hybridized carbons (Fsp3) is 0.800. The third kappa shape index (κ3) is 6.10. The van der Waals surface area contributed by atoms with Crippen LogP contribution in [0.3, 0.4) is 0 Å². The molecule has 0 radical (unpaired) electrons. The summed E-state index contributed by atoms with van der Waals surface area (Å²) in [7, 11) is 1.73.